The minimum absolute atomic E-state index is 0.0237. The van der Waals surface area contributed by atoms with E-state index in [-0.39, 0.29) is 5.02 Å². The molecule has 1 aromatic heterocycles. The third-order valence-electron chi connectivity index (χ3n) is 3.72. The standard InChI is InChI=1S/C16H20ClFN2O/c1-3-12(4-2)20-9-8-11(19-20)10-15(21)13-6-5-7-14(18)16(13)17/h5-9,12,15,21H,3-4,10H2,1-2H3. The van der Waals surface area contributed by atoms with Crippen LogP contribution in [0.3, 0.4) is 0 Å². The van der Waals surface area contributed by atoms with Gasteiger partial charge in [0.05, 0.1) is 22.9 Å². The molecular weight excluding hydrogens is 291 g/mol. The fraction of sp³-hybridized carbons (Fsp3) is 0.438. The van der Waals surface area contributed by atoms with Crippen LogP contribution in [0.1, 0.15) is 50.1 Å². The van der Waals surface area contributed by atoms with Crippen LogP contribution in [-0.4, -0.2) is 14.9 Å². The molecule has 0 bridgehead atoms. The summed E-state index contributed by atoms with van der Waals surface area (Å²) in [6.07, 6.45) is 3.40. The Morgan fingerprint density at radius 2 is 2.00 bits per heavy atom. The maximum Gasteiger partial charge on any atom is 0.142 e. The maximum absolute atomic E-state index is 13.4. The minimum Gasteiger partial charge on any atom is -0.388 e. The highest BCUT2D eigenvalue weighted by atomic mass is 35.5. The molecule has 1 N–H and O–H groups in total. The highest BCUT2D eigenvalue weighted by Gasteiger charge is 2.17. The number of benzene rings is 1. The van der Waals surface area contributed by atoms with Crippen molar-refractivity contribution < 1.29 is 9.50 Å². The van der Waals surface area contributed by atoms with Crippen LogP contribution in [0.15, 0.2) is 30.5 Å². The summed E-state index contributed by atoms with van der Waals surface area (Å²) in [7, 11) is 0. The number of aliphatic hydroxyl groups is 1. The zero-order chi connectivity index (χ0) is 15.4. The molecule has 0 amide bonds. The number of nitrogens with zero attached hydrogens (tertiary/aromatic N) is 2. The number of aliphatic hydroxyl groups excluding tert-OH is 1. The average molecular weight is 311 g/mol. The van der Waals surface area contributed by atoms with Gasteiger partial charge in [0.15, 0.2) is 0 Å². The van der Waals surface area contributed by atoms with Gasteiger partial charge in [-0.15, -0.1) is 0 Å². The molecule has 0 aliphatic carbocycles. The first-order chi connectivity index (χ1) is 10.1. The van der Waals surface area contributed by atoms with Gasteiger partial charge in [-0.1, -0.05) is 37.6 Å². The third-order valence-corrected chi connectivity index (χ3v) is 4.12. The highest BCUT2D eigenvalue weighted by molar-refractivity contribution is 6.31. The summed E-state index contributed by atoms with van der Waals surface area (Å²) < 4.78 is 15.3. The van der Waals surface area contributed by atoms with Crippen LogP contribution >= 0.6 is 11.6 Å². The third kappa shape index (κ3) is 3.63. The molecular formula is C16H20ClFN2O. The zero-order valence-corrected chi connectivity index (χ0v) is 13.0. The predicted octanol–water partition coefficient (Wildman–Crippen LogP) is 4.31. The van der Waals surface area contributed by atoms with E-state index < -0.39 is 11.9 Å². The van der Waals surface area contributed by atoms with Crippen molar-refractivity contribution in [1.29, 1.82) is 0 Å². The van der Waals surface area contributed by atoms with Crippen LogP contribution in [0.4, 0.5) is 4.39 Å². The number of aromatic nitrogens is 2. The van der Waals surface area contributed by atoms with Gasteiger partial charge >= 0.3 is 0 Å². The van der Waals surface area contributed by atoms with Crippen molar-refractivity contribution in [2.24, 2.45) is 0 Å². The molecule has 2 rings (SSSR count). The summed E-state index contributed by atoms with van der Waals surface area (Å²) in [5.41, 5.74) is 1.17. The summed E-state index contributed by atoms with van der Waals surface area (Å²) in [5.74, 6) is -0.518. The quantitative estimate of drug-likeness (QED) is 0.863. The first-order valence-electron chi connectivity index (χ1n) is 7.22. The Balaban J connectivity index is 2.13. The van der Waals surface area contributed by atoms with Crippen molar-refractivity contribution in [3.05, 3.63) is 52.6 Å². The van der Waals surface area contributed by atoms with Gasteiger partial charge in [0.1, 0.15) is 5.82 Å². The Morgan fingerprint density at radius 1 is 1.29 bits per heavy atom. The van der Waals surface area contributed by atoms with Gasteiger partial charge in [-0.05, 0) is 25.0 Å². The molecule has 21 heavy (non-hydrogen) atoms. The monoisotopic (exact) mass is 310 g/mol. The summed E-state index contributed by atoms with van der Waals surface area (Å²) in [6.45, 7) is 4.24. The summed E-state index contributed by atoms with van der Waals surface area (Å²) in [6, 6.07) is 6.71. The lowest BCUT2D eigenvalue weighted by Gasteiger charge is -2.13. The van der Waals surface area contributed by atoms with Crippen LogP contribution in [-0.2, 0) is 6.42 Å². The van der Waals surface area contributed by atoms with Crippen LogP contribution in [0, 0.1) is 5.82 Å². The van der Waals surface area contributed by atoms with Gasteiger partial charge in [-0.2, -0.15) is 5.10 Å². The molecule has 2 aromatic rings. The second-order valence-corrected chi connectivity index (χ2v) is 5.50. The summed E-state index contributed by atoms with van der Waals surface area (Å²) >= 11 is 5.89. The van der Waals surface area contributed by atoms with Crippen molar-refractivity contribution >= 4 is 11.6 Å². The maximum atomic E-state index is 13.4. The molecule has 0 spiro atoms. The smallest absolute Gasteiger partial charge is 0.142 e. The van der Waals surface area contributed by atoms with E-state index in [0.717, 1.165) is 18.5 Å². The molecule has 1 atom stereocenters. The molecule has 3 nitrogen and oxygen atoms in total. The van der Waals surface area contributed by atoms with Crippen molar-refractivity contribution in [3.63, 3.8) is 0 Å². The van der Waals surface area contributed by atoms with Crippen LogP contribution in [0.2, 0.25) is 5.02 Å². The Bertz CT molecular complexity index is 596. The lowest BCUT2D eigenvalue weighted by atomic mass is 10.0. The molecule has 0 fully saturated rings. The van der Waals surface area contributed by atoms with Gasteiger partial charge in [-0.25, -0.2) is 4.39 Å². The number of hydrogen-bond donors (Lipinski definition) is 1. The summed E-state index contributed by atoms with van der Waals surface area (Å²) in [4.78, 5) is 0. The van der Waals surface area contributed by atoms with Gasteiger partial charge in [0.25, 0.3) is 0 Å². The fourth-order valence-corrected chi connectivity index (χ4v) is 2.69. The van der Waals surface area contributed by atoms with E-state index in [4.69, 9.17) is 11.6 Å². The van der Waals surface area contributed by atoms with Crippen molar-refractivity contribution in [2.45, 2.75) is 45.3 Å². The van der Waals surface area contributed by atoms with E-state index in [2.05, 4.69) is 18.9 Å². The normalized spacial score (nSPS) is 12.9. The minimum atomic E-state index is -0.863. The van der Waals surface area contributed by atoms with Crippen molar-refractivity contribution in [1.82, 2.24) is 9.78 Å². The van der Waals surface area contributed by atoms with E-state index in [1.807, 2.05) is 16.9 Å². The molecule has 1 heterocycles. The Morgan fingerprint density at radius 3 is 2.67 bits per heavy atom. The highest BCUT2D eigenvalue weighted by Crippen LogP contribution is 2.27. The Labute approximate surface area is 129 Å². The number of halogens is 2. The predicted molar refractivity (Wildman–Crippen MR) is 81.9 cm³/mol. The van der Waals surface area contributed by atoms with Gasteiger partial charge in [-0.3, -0.25) is 4.68 Å². The van der Waals surface area contributed by atoms with Gasteiger partial charge in [0.2, 0.25) is 0 Å². The fourth-order valence-electron chi connectivity index (χ4n) is 2.44. The van der Waals surface area contributed by atoms with E-state index >= 15 is 0 Å². The van der Waals surface area contributed by atoms with Gasteiger partial charge < -0.3 is 5.11 Å². The number of hydrogen-bond acceptors (Lipinski definition) is 2. The van der Waals surface area contributed by atoms with E-state index in [1.165, 1.54) is 6.07 Å². The van der Waals surface area contributed by atoms with Crippen LogP contribution in [0.25, 0.3) is 0 Å². The molecule has 114 valence electrons. The topological polar surface area (TPSA) is 38.0 Å². The van der Waals surface area contributed by atoms with E-state index in [1.54, 1.807) is 12.1 Å². The zero-order valence-electron chi connectivity index (χ0n) is 12.3. The summed E-state index contributed by atoms with van der Waals surface area (Å²) in [5, 5.41) is 14.7. The molecule has 0 aliphatic heterocycles. The molecule has 0 saturated carbocycles. The van der Waals surface area contributed by atoms with E-state index in [0.29, 0.717) is 18.0 Å². The second kappa shape index (κ2) is 7.05. The Kier molecular flexibility index (Phi) is 5.37. The SMILES string of the molecule is CCC(CC)n1ccc(CC(O)c2cccc(F)c2Cl)n1. The number of rotatable bonds is 6. The molecule has 1 aromatic carbocycles. The lowest BCUT2D eigenvalue weighted by Crippen LogP contribution is -2.09. The molecule has 0 saturated heterocycles. The van der Waals surface area contributed by atoms with Crippen LogP contribution in [0.5, 0.6) is 0 Å². The van der Waals surface area contributed by atoms with Crippen molar-refractivity contribution in [3.8, 4) is 0 Å². The van der Waals surface area contributed by atoms with Crippen molar-refractivity contribution in [2.75, 3.05) is 0 Å². The first-order valence-corrected chi connectivity index (χ1v) is 7.60. The average Bonchev–Trinajstić information content (AvgIpc) is 2.91. The first kappa shape index (κ1) is 16.0. The van der Waals surface area contributed by atoms with Gasteiger partial charge in [0, 0.05) is 18.2 Å². The Hall–Kier alpha value is -1.39. The molecule has 0 radical (unpaired) electrons. The largest absolute Gasteiger partial charge is 0.388 e. The molecule has 5 heteroatoms. The second-order valence-electron chi connectivity index (χ2n) is 5.12. The van der Waals surface area contributed by atoms with Crippen LogP contribution < -0.4 is 0 Å². The van der Waals surface area contributed by atoms with E-state index in [9.17, 15) is 9.50 Å². The lowest BCUT2D eigenvalue weighted by molar-refractivity contribution is 0.176. The molecule has 0 aliphatic rings. The molecule has 1 unspecified atom stereocenters.